The fraction of sp³-hybridized carbons (Fsp3) is 0.833. The summed E-state index contributed by atoms with van der Waals surface area (Å²) in [6.07, 6.45) is -2.48. The maximum atomic E-state index is 11.5. The molecule has 0 rings (SSSR count). The third-order valence-electron chi connectivity index (χ3n) is 1.26. The predicted octanol–water partition coefficient (Wildman–Crippen LogP) is -0.0244. The van der Waals surface area contributed by atoms with Gasteiger partial charge in [0, 0.05) is 0 Å². The van der Waals surface area contributed by atoms with E-state index in [0.717, 1.165) is 0 Å². The zero-order chi connectivity index (χ0) is 8.85. The lowest BCUT2D eigenvalue weighted by atomic mass is 10.3. The molecule has 3 nitrogen and oxygen atoms in total. The van der Waals surface area contributed by atoms with Crippen molar-refractivity contribution in [1.29, 1.82) is 0 Å². The zero-order valence-electron chi connectivity index (χ0n) is 6.53. The molecule has 0 radical (unpaired) electrons. The van der Waals surface area contributed by atoms with Gasteiger partial charge in [0.05, 0.1) is 12.6 Å². The average molecular weight is 166 g/mol. The van der Waals surface area contributed by atoms with Crippen molar-refractivity contribution in [3.05, 3.63) is 0 Å². The molecule has 0 heterocycles. The van der Waals surface area contributed by atoms with Crippen molar-refractivity contribution in [2.24, 2.45) is 0 Å². The van der Waals surface area contributed by atoms with Gasteiger partial charge in [0.15, 0.2) is 0 Å². The van der Waals surface area contributed by atoms with Crippen molar-refractivity contribution in [3.63, 3.8) is 0 Å². The molecule has 5 heteroatoms. The Morgan fingerprint density at radius 1 is 1.55 bits per heavy atom. The number of carbonyl (C=O) groups excluding carboxylic acids is 1. The summed E-state index contributed by atoms with van der Waals surface area (Å²) in [7, 11) is 1.59. The average Bonchev–Trinajstić information content (AvgIpc) is 1.98. The maximum absolute atomic E-state index is 11.5. The Morgan fingerprint density at radius 2 is 2.09 bits per heavy atom. The molecule has 0 aromatic heterocycles. The second-order valence-electron chi connectivity index (χ2n) is 2.15. The fourth-order valence-corrected chi connectivity index (χ4v) is 0.462. The van der Waals surface area contributed by atoms with Crippen LogP contribution in [0.1, 0.15) is 6.92 Å². The Bertz CT molecular complexity index is 130. The minimum absolute atomic E-state index is 0.409. The van der Waals surface area contributed by atoms with E-state index < -0.39 is 24.9 Å². The molecule has 11 heavy (non-hydrogen) atoms. The van der Waals surface area contributed by atoms with E-state index in [-0.39, 0.29) is 0 Å². The number of rotatable bonds is 4. The van der Waals surface area contributed by atoms with E-state index in [0.29, 0.717) is 0 Å². The monoisotopic (exact) mass is 166 g/mol. The molecule has 0 aliphatic rings. The molecule has 0 spiro atoms. The molecule has 1 atom stereocenters. The molecule has 0 aliphatic heterocycles. The van der Waals surface area contributed by atoms with E-state index in [4.69, 9.17) is 0 Å². The molecule has 2 N–H and O–H groups in total. The summed E-state index contributed by atoms with van der Waals surface area (Å²) in [6, 6.07) is -0.422. The summed E-state index contributed by atoms with van der Waals surface area (Å²) in [5.41, 5.74) is 0. The molecule has 0 aliphatic carbocycles. The van der Waals surface area contributed by atoms with E-state index in [1.165, 1.54) is 0 Å². The summed E-state index contributed by atoms with van der Waals surface area (Å²) in [6.45, 7) is 1.02. The Labute approximate surface area is 64.2 Å². The van der Waals surface area contributed by atoms with Crippen molar-refractivity contribution in [2.45, 2.75) is 19.4 Å². The first-order chi connectivity index (χ1) is 5.07. The van der Waals surface area contributed by atoms with Crippen molar-refractivity contribution < 1.29 is 13.6 Å². The van der Waals surface area contributed by atoms with Gasteiger partial charge < -0.3 is 10.6 Å². The summed E-state index contributed by atoms with van der Waals surface area (Å²) < 4.78 is 23.1. The van der Waals surface area contributed by atoms with E-state index in [1.807, 2.05) is 0 Å². The SMILES string of the molecule is CNC(C)C(=O)NCC(F)F. The third-order valence-corrected chi connectivity index (χ3v) is 1.26. The highest BCUT2D eigenvalue weighted by molar-refractivity contribution is 5.81. The topological polar surface area (TPSA) is 41.1 Å². The van der Waals surface area contributed by atoms with Gasteiger partial charge in [-0.1, -0.05) is 0 Å². The van der Waals surface area contributed by atoms with Crippen molar-refractivity contribution in [2.75, 3.05) is 13.6 Å². The van der Waals surface area contributed by atoms with E-state index in [9.17, 15) is 13.6 Å². The number of hydrogen-bond donors (Lipinski definition) is 2. The van der Waals surface area contributed by atoms with Gasteiger partial charge in [-0.3, -0.25) is 4.79 Å². The van der Waals surface area contributed by atoms with Gasteiger partial charge in [-0.25, -0.2) is 8.78 Å². The van der Waals surface area contributed by atoms with Gasteiger partial charge in [-0.2, -0.15) is 0 Å². The van der Waals surface area contributed by atoms with Gasteiger partial charge in [-0.15, -0.1) is 0 Å². The first kappa shape index (κ1) is 10.3. The molecule has 0 saturated heterocycles. The van der Waals surface area contributed by atoms with Crippen LogP contribution in [0.2, 0.25) is 0 Å². The number of carbonyl (C=O) groups is 1. The normalized spacial score (nSPS) is 13.2. The largest absolute Gasteiger partial charge is 0.349 e. The Hall–Kier alpha value is -0.710. The van der Waals surface area contributed by atoms with Crippen LogP contribution in [0.4, 0.5) is 8.78 Å². The lowest BCUT2D eigenvalue weighted by Crippen LogP contribution is -2.42. The van der Waals surface area contributed by atoms with Crippen LogP contribution in [0.25, 0.3) is 0 Å². The highest BCUT2D eigenvalue weighted by Gasteiger charge is 2.11. The zero-order valence-corrected chi connectivity index (χ0v) is 6.53. The van der Waals surface area contributed by atoms with Crippen molar-refractivity contribution >= 4 is 5.91 Å². The summed E-state index contributed by atoms with van der Waals surface area (Å²) in [5, 5.41) is 4.71. The first-order valence-corrected chi connectivity index (χ1v) is 3.31. The summed E-state index contributed by atoms with van der Waals surface area (Å²) in [5.74, 6) is -0.409. The third kappa shape index (κ3) is 4.66. The van der Waals surface area contributed by atoms with Crippen LogP contribution in [0, 0.1) is 0 Å². The van der Waals surface area contributed by atoms with E-state index in [2.05, 4.69) is 10.6 Å². The van der Waals surface area contributed by atoms with Crippen LogP contribution in [-0.4, -0.2) is 32.0 Å². The van der Waals surface area contributed by atoms with Gasteiger partial charge in [0.1, 0.15) is 0 Å². The van der Waals surface area contributed by atoms with Crippen LogP contribution >= 0.6 is 0 Å². The fourth-order valence-electron chi connectivity index (χ4n) is 0.462. The van der Waals surface area contributed by atoms with Gasteiger partial charge >= 0.3 is 0 Å². The van der Waals surface area contributed by atoms with Crippen LogP contribution in [-0.2, 0) is 4.79 Å². The van der Waals surface area contributed by atoms with Crippen molar-refractivity contribution in [3.8, 4) is 0 Å². The number of nitrogens with one attached hydrogen (secondary N) is 2. The molecular weight excluding hydrogens is 154 g/mol. The molecule has 0 saturated carbocycles. The molecule has 0 bridgehead atoms. The Morgan fingerprint density at radius 3 is 2.45 bits per heavy atom. The molecule has 66 valence electrons. The molecule has 1 amide bonds. The number of likely N-dealkylation sites (N-methyl/N-ethyl adjacent to an activating group) is 1. The second kappa shape index (κ2) is 5.01. The van der Waals surface area contributed by atoms with Gasteiger partial charge in [-0.05, 0) is 14.0 Å². The second-order valence-corrected chi connectivity index (χ2v) is 2.15. The van der Waals surface area contributed by atoms with Crippen LogP contribution in [0.3, 0.4) is 0 Å². The smallest absolute Gasteiger partial charge is 0.255 e. The number of hydrogen-bond acceptors (Lipinski definition) is 2. The Balaban J connectivity index is 3.52. The summed E-state index contributed by atoms with van der Waals surface area (Å²) in [4.78, 5) is 10.8. The lowest BCUT2D eigenvalue weighted by Gasteiger charge is -2.09. The predicted molar refractivity (Wildman–Crippen MR) is 37.5 cm³/mol. The minimum atomic E-state index is -2.48. The van der Waals surface area contributed by atoms with Crippen LogP contribution in [0.5, 0.6) is 0 Å². The first-order valence-electron chi connectivity index (χ1n) is 3.31. The maximum Gasteiger partial charge on any atom is 0.255 e. The van der Waals surface area contributed by atoms with Gasteiger partial charge in [0.25, 0.3) is 6.43 Å². The summed E-state index contributed by atoms with van der Waals surface area (Å²) >= 11 is 0. The van der Waals surface area contributed by atoms with Crippen LogP contribution < -0.4 is 10.6 Å². The molecular formula is C6H12F2N2O. The lowest BCUT2D eigenvalue weighted by molar-refractivity contribution is -0.123. The molecule has 0 fully saturated rings. The number of halogens is 2. The highest BCUT2D eigenvalue weighted by atomic mass is 19.3. The number of alkyl halides is 2. The standard InChI is InChI=1S/C6H12F2N2O/c1-4(9-2)6(11)10-3-5(7)8/h4-5,9H,3H2,1-2H3,(H,10,11). The Kier molecular flexibility index (Phi) is 4.69. The van der Waals surface area contributed by atoms with E-state index in [1.54, 1.807) is 14.0 Å². The molecule has 0 aromatic carbocycles. The van der Waals surface area contributed by atoms with E-state index >= 15 is 0 Å². The molecule has 1 unspecified atom stereocenters. The minimum Gasteiger partial charge on any atom is -0.349 e. The highest BCUT2D eigenvalue weighted by Crippen LogP contribution is 1.88. The molecule has 0 aromatic rings. The quantitative estimate of drug-likeness (QED) is 0.616. The van der Waals surface area contributed by atoms with Crippen molar-refractivity contribution in [1.82, 2.24) is 10.6 Å². The number of amides is 1. The van der Waals surface area contributed by atoms with Gasteiger partial charge in [0.2, 0.25) is 5.91 Å². The van der Waals surface area contributed by atoms with Crippen LogP contribution in [0.15, 0.2) is 0 Å².